The zero-order valence-electron chi connectivity index (χ0n) is 13.1. The van der Waals surface area contributed by atoms with Crippen LogP contribution in [0.4, 0.5) is 0 Å². The van der Waals surface area contributed by atoms with Gasteiger partial charge in [0.1, 0.15) is 0 Å². The molecule has 0 bridgehead atoms. The highest BCUT2D eigenvalue weighted by Crippen LogP contribution is 2.42. The standard InChI is InChI=1S/C15H29N3O2/c1-15(2)12(8-13(15)20-4)18-14(16-3)17-9-10-6-5-7-11(10)19/h10-13,19H,5-9H2,1-4H3,(H2,16,17,18). The Morgan fingerprint density at radius 3 is 2.65 bits per heavy atom. The van der Waals surface area contributed by atoms with Crippen LogP contribution in [0.15, 0.2) is 4.99 Å². The highest BCUT2D eigenvalue weighted by molar-refractivity contribution is 5.80. The van der Waals surface area contributed by atoms with Gasteiger partial charge in [-0.15, -0.1) is 0 Å². The van der Waals surface area contributed by atoms with E-state index in [-0.39, 0.29) is 11.5 Å². The van der Waals surface area contributed by atoms with Gasteiger partial charge in [0.25, 0.3) is 0 Å². The van der Waals surface area contributed by atoms with Crippen LogP contribution in [0.2, 0.25) is 0 Å². The largest absolute Gasteiger partial charge is 0.393 e. The van der Waals surface area contributed by atoms with Gasteiger partial charge in [0, 0.05) is 38.1 Å². The second-order valence-electron chi connectivity index (χ2n) is 6.69. The van der Waals surface area contributed by atoms with E-state index in [0.717, 1.165) is 38.2 Å². The summed E-state index contributed by atoms with van der Waals surface area (Å²) in [6.07, 6.45) is 4.34. The van der Waals surface area contributed by atoms with Crippen LogP contribution in [0.5, 0.6) is 0 Å². The fraction of sp³-hybridized carbons (Fsp3) is 0.933. The number of aliphatic hydroxyl groups excluding tert-OH is 1. The maximum Gasteiger partial charge on any atom is 0.191 e. The second kappa shape index (κ2) is 6.31. The van der Waals surface area contributed by atoms with Crippen molar-refractivity contribution in [3.63, 3.8) is 0 Å². The van der Waals surface area contributed by atoms with E-state index in [1.54, 1.807) is 14.2 Å². The number of hydrogen-bond donors (Lipinski definition) is 3. The van der Waals surface area contributed by atoms with E-state index in [0.29, 0.717) is 18.1 Å². The van der Waals surface area contributed by atoms with E-state index in [1.807, 2.05) is 0 Å². The van der Waals surface area contributed by atoms with E-state index in [9.17, 15) is 5.11 Å². The summed E-state index contributed by atoms with van der Waals surface area (Å²) < 4.78 is 5.47. The fourth-order valence-corrected chi connectivity index (χ4v) is 3.37. The molecule has 5 heteroatoms. The van der Waals surface area contributed by atoms with Gasteiger partial charge in [-0.3, -0.25) is 4.99 Å². The molecule has 2 aliphatic carbocycles. The fourth-order valence-electron chi connectivity index (χ4n) is 3.37. The molecule has 4 atom stereocenters. The molecule has 2 rings (SSSR count). The quantitative estimate of drug-likeness (QED) is 0.534. The Balaban J connectivity index is 1.79. The molecule has 5 nitrogen and oxygen atoms in total. The van der Waals surface area contributed by atoms with Crippen molar-refractivity contribution in [2.24, 2.45) is 16.3 Å². The molecule has 0 aliphatic heterocycles. The van der Waals surface area contributed by atoms with Gasteiger partial charge in [-0.05, 0) is 19.3 Å². The lowest BCUT2D eigenvalue weighted by Gasteiger charge is -2.51. The van der Waals surface area contributed by atoms with Gasteiger partial charge in [-0.2, -0.15) is 0 Å². The highest BCUT2D eigenvalue weighted by atomic mass is 16.5. The number of nitrogens with zero attached hydrogens (tertiary/aromatic N) is 1. The summed E-state index contributed by atoms with van der Waals surface area (Å²) in [7, 11) is 3.57. The number of nitrogens with one attached hydrogen (secondary N) is 2. The minimum absolute atomic E-state index is 0.124. The molecule has 116 valence electrons. The Morgan fingerprint density at radius 1 is 1.40 bits per heavy atom. The summed E-state index contributed by atoms with van der Waals surface area (Å²) in [4.78, 5) is 4.28. The van der Waals surface area contributed by atoms with Crippen LogP contribution in [-0.2, 0) is 4.74 Å². The van der Waals surface area contributed by atoms with Gasteiger partial charge in [0.15, 0.2) is 5.96 Å². The first-order chi connectivity index (χ1) is 9.48. The Bertz CT molecular complexity index is 357. The van der Waals surface area contributed by atoms with Crippen molar-refractivity contribution in [3.8, 4) is 0 Å². The molecule has 0 radical (unpaired) electrons. The van der Waals surface area contributed by atoms with E-state index in [4.69, 9.17) is 4.74 Å². The Morgan fingerprint density at radius 2 is 2.15 bits per heavy atom. The molecular formula is C15H29N3O2. The van der Waals surface area contributed by atoms with Crippen LogP contribution in [0.3, 0.4) is 0 Å². The molecular weight excluding hydrogens is 254 g/mol. The van der Waals surface area contributed by atoms with Crippen LogP contribution >= 0.6 is 0 Å². The first kappa shape index (κ1) is 15.6. The number of guanidine groups is 1. The van der Waals surface area contributed by atoms with Gasteiger partial charge in [0.2, 0.25) is 0 Å². The number of rotatable bonds is 4. The van der Waals surface area contributed by atoms with Crippen LogP contribution in [0.25, 0.3) is 0 Å². The van der Waals surface area contributed by atoms with E-state index in [2.05, 4.69) is 29.5 Å². The van der Waals surface area contributed by atoms with Gasteiger partial charge in [0.05, 0.1) is 12.2 Å². The number of hydrogen-bond acceptors (Lipinski definition) is 3. The number of ether oxygens (including phenoxy) is 1. The lowest BCUT2D eigenvalue weighted by atomic mass is 9.64. The van der Waals surface area contributed by atoms with Crippen molar-refractivity contribution in [3.05, 3.63) is 0 Å². The van der Waals surface area contributed by atoms with Gasteiger partial charge < -0.3 is 20.5 Å². The summed E-state index contributed by atoms with van der Waals surface area (Å²) in [5.41, 5.74) is 0.124. The normalized spacial score (nSPS) is 36.5. The predicted molar refractivity (Wildman–Crippen MR) is 80.8 cm³/mol. The molecule has 0 saturated heterocycles. The second-order valence-corrected chi connectivity index (χ2v) is 6.69. The first-order valence-corrected chi connectivity index (χ1v) is 7.67. The SMILES string of the molecule is CN=C(NCC1CCCC1O)NC1CC(OC)C1(C)C. The zero-order valence-corrected chi connectivity index (χ0v) is 13.1. The number of methoxy groups -OCH3 is 1. The summed E-state index contributed by atoms with van der Waals surface area (Å²) in [6, 6.07) is 0.382. The Kier molecular flexibility index (Phi) is 4.91. The highest BCUT2D eigenvalue weighted by Gasteiger charge is 2.48. The average molecular weight is 283 g/mol. The van der Waals surface area contributed by atoms with Crippen molar-refractivity contribution in [2.45, 2.75) is 57.8 Å². The molecule has 2 saturated carbocycles. The molecule has 0 aromatic heterocycles. The third-order valence-corrected chi connectivity index (χ3v) is 5.15. The Labute approximate surface area is 122 Å². The van der Waals surface area contributed by atoms with Crippen LogP contribution < -0.4 is 10.6 Å². The van der Waals surface area contributed by atoms with Gasteiger partial charge in [-0.25, -0.2) is 0 Å². The minimum atomic E-state index is -0.154. The molecule has 0 aromatic rings. The van der Waals surface area contributed by atoms with E-state index < -0.39 is 0 Å². The molecule has 0 spiro atoms. The topological polar surface area (TPSA) is 65.9 Å². The number of aliphatic hydroxyl groups is 1. The molecule has 0 amide bonds. The van der Waals surface area contributed by atoms with Crippen molar-refractivity contribution in [1.29, 1.82) is 0 Å². The van der Waals surface area contributed by atoms with Crippen molar-refractivity contribution < 1.29 is 9.84 Å². The smallest absolute Gasteiger partial charge is 0.191 e. The molecule has 20 heavy (non-hydrogen) atoms. The van der Waals surface area contributed by atoms with Crippen LogP contribution in [0, 0.1) is 11.3 Å². The molecule has 2 aliphatic rings. The lowest BCUT2D eigenvalue weighted by Crippen LogP contribution is -2.63. The van der Waals surface area contributed by atoms with Crippen molar-refractivity contribution in [2.75, 3.05) is 20.7 Å². The van der Waals surface area contributed by atoms with Gasteiger partial charge >= 0.3 is 0 Å². The zero-order chi connectivity index (χ0) is 14.8. The van der Waals surface area contributed by atoms with Crippen molar-refractivity contribution in [1.82, 2.24) is 10.6 Å². The molecule has 2 fully saturated rings. The van der Waals surface area contributed by atoms with Gasteiger partial charge in [-0.1, -0.05) is 20.3 Å². The summed E-state index contributed by atoms with van der Waals surface area (Å²) >= 11 is 0. The maximum atomic E-state index is 9.85. The monoisotopic (exact) mass is 283 g/mol. The van der Waals surface area contributed by atoms with Crippen LogP contribution in [-0.4, -0.2) is 50.0 Å². The van der Waals surface area contributed by atoms with Crippen molar-refractivity contribution >= 4 is 5.96 Å². The predicted octanol–water partition coefficient (Wildman–Crippen LogP) is 1.13. The summed E-state index contributed by atoms with van der Waals surface area (Å²) in [5.74, 6) is 1.19. The molecule has 0 aromatic carbocycles. The lowest BCUT2D eigenvalue weighted by molar-refractivity contribution is -0.0922. The minimum Gasteiger partial charge on any atom is -0.393 e. The van der Waals surface area contributed by atoms with Crippen LogP contribution in [0.1, 0.15) is 39.5 Å². The maximum absolute atomic E-state index is 9.85. The molecule has 0 heterocycles. The van der Waals surface area contributed by atoms with E-state index >= 15 is 0 Å². The molecule has 3 N–H and O–H groups in total. The Hall–Kier alpha value is -0.810. The average Bonchev–Trinajstić information content (AvgIpc) is 2.83. The third-order valence-electron chi connectivity index (χ3n) is 5.15. The van der Waals surface area contributed by atoms with E-state index in [1.165, 1.54) is 0 Å². The first-order valence-electron chi connectivity index (χ1n) is 7.67. The molecule has 4 unspecified atom stereocenters. The number of aliphatic imine (C=N–C) groups is 1. The summed E-state index contributed by atoms with van der Waals surface area (Å²) in [6.45, 7) is 5.23. The third kappa shape index (κ3) is 3.09. The summed E-state index contributed by atoms with van der Waals surface area (Å²) in [5, 5.41) is 16.7.